The zero-order chi connectivity index (χ0) is 13.5. The number of hydrogen-bond acceptors (Lipinski definition) is 2. The average molecular weight is 251 g/mol. The number of allylic oxidation sites excluding steroid dienone is 2. The minimum Gasteiger partial charge on any atom is -0.384 e. The summed E-state index contributed by atoms with van der Waals surface area (Å²) in [5.74, 6) is 0.0265. The van der Waals surface area contributed by atoms with Gasteiger partial charge >= 0.3 is 0 Å². The Hall–Kier alpha value is -2.35. The first-order chi connectivity index (χ1) is 9.25. The molecule has 0 aliphatic carbocycles. The Morgan fingerprint density at radius 3 is 2.21 bits per heavy atom. The third-order valence-corrected chi connectivity index (χ3v) is 2.82. The number of nitrogens with one attached hydrogen (secondary N) is 1. The third-order valence-electron chi connectivity index (χ3n) is 2.82. The molecule has 19 heavy (non-hydrogen) atoms. The second-order valence-electron chi connectivity index (χ2n) is 4.40. The van der Waals surface area contributed by atoms with E-state index in [-0.39, 0.29) is 5.78 Å². The van der Waals surface area contributed by atoms with Gasteiger partial charge in [-0.25, -0.2) is 0 Å². The van der Waals surface area contributed by atoms with E-state index in [1.165, 1.54) is 5.56 Å². The summed E-state index contributed by atoms with van der Waals surface area (Å²) in [6, 6.07) is 19.4. The molecule has 96 valence electrons. The highest BCUT2D eigenvalue weighted by Crippen LogP contribution is 2.04. The van der Waals surface area contributed by atoms with E-state index in [2.05, 4.69) is 17.4 Å². The van der Waals surface area contributed by atoms with Crippen molar-refractivity contribution in [1.29, 1.82) is 0 Å². The molecule has 2 rings (SSSR count). The van der Waals surface area contributed by atoms with E-state index in [4.69, 9.17) is 0 Å². The van der Waals surface area contributed by atoms with Crippen LogP contribution in [0, 0.1) is 0 Å². The number of hydrogen-bond donors (Lipinski definition) is 1. The van der Waals surface area contributed by atoms with E-state index >= 15 is 0 Å². The summed E-state index contributed by atoms with van der Waals surface area (Å²) in [6.45, 7) is 2.63. The molecule has 0 saturated heterocycles. The Bertz CT molecular complexity index is 558. The summed E-state index contributed by atoms with van der Waals surface area (Å²) in [7, 11) is 0. The van der Waals surface area contributed by atoms with E-state index in [0.29, 0.717) is 5.56 Å². The predicted octanol–water partition coefficient (Wildman–Crippen LogP) is 3.56. The highest BCUT2D eigenvalue weighted by Gasteiger charge is 2.01. The monoisotopic (exact) mass is 251 g/mol. The molecule has 0 aliphatic heterocycles. The highest BCUT2D eigenvalue weighted by atomic mass is 16.1. The van der Waals surface area contributed by atoms with Crippen LogP contribution in [0.25, 0.3) is 0 Å². The van der Waals surface area contributed by atoms with Gasteiger partial charge in [-0.3, -0.25) is 4.79 Å². The fraction of sp³-hybridized carbons (Fsp3) is 0.118. The maximum absolute atomic E-state index is 12.0. The largest absolute Gasteiger partial charge is 0.384 e. The number of rotatable bonds is 5. The summed E-state index contributed by atoms with van der Waals surface area (Å²) >= 11 is 0. The van der Waals surface area contributed by atoms with Crippen LogP contribution >= 0.6 is 0 Å². The Morgan fingerprint density at radius 2 is 1.58 bits per heavy atom. The smallest absolute Gasteiger partial charge is 0.187 e. The van der Waals surface area contributed by atoms with E-state index in [9.17, 15) is 4.79 Å². The summed E-state index contributed by atoms with van der Waals surface area (Å²) < 4.78 is 0. The molecule has 0 aliphatic rings. The quantitative estimate of drug-likeness (QED) is 0.650. The second-order valence-corrected chi connectivity index (χ2v) is 4.40. The van der Waals surface area contributed by atoms with Crippen LogP contribution in [0.1, 0.15) is 22.8 Å². The summed E-state index contributed by atoms with van der Waals surface area (Å²) in [5.41, 5.74) is 2.78. The fourth-order valence-corrected chi connectivity index (χ4v) is 1.77. The second kappa shape index (κ2) is 6.55. The van der Waals surface area contributed by atoms with Crippen molar-refractivity contribution in [3.63, 3.8) is 0 Å². The van der Waals surface area contributed by atoms with Crippen molar-refractivity contribution in [3.05, 3.63) is 83.6 Å². The SMILES string of the molecule is CC(=CC(=O)c1ccccc1)NCc1ccccc1. The molecule has 0 radical (unpaired) electrons. The van der Waals surface area contributed by atoms with Gasteiger partial charge in [0.05, 0.1) is 0 Å². The molecule has 0 atom stereocenters. The van der Waals surface area contributed by atoms with Crippen LogP contribution in [0.15, 0.2) is 72.4 Å². The van der Waals surface area contributed by atoms with Gasteiger partial charge in [0.1, 0.15) is 0 Å². The molecule has 0 fully saturated rings. The average Bonchev–Trinajstić information content (AvgIpc) is 2.47. The Kier molecular flexibility index (Phi) is 4.51. The molecule has 0 bridgehead atoms. The van der Waals surface area contributed by atoms with Crippen LogP contribution in [0.2, 0.25) is 0 Å². The molecule has 2 aromatic carbocycles. The third kappa shape index (κ3) is 4.11. The van der Waals surface area contributed by atoms with Crippen molar-refractivity contribution in [3.8, 4) is 0 Å². The lowest BCUT2D eigenvalue weighted by molar-refractivity contribution is 0.104. The van der Waals surface area contributed by atoms with Crippen molar-refractivity contribution in [2.45, 2.75) is 13.5 Å². The van der Waals surface area contributed by atoms with Gasteiger partial charge in [-0.1, -0.05) is 60.7 Å². The Labute approximate surface area is 113 Å². The van der Waals surface area contributed by atoms with Crippen LogP contribution in [0.5, 0.6) is 0 Å². The Balaban J connectivity index is 1.94. The Morgan fingerprint density at radius 1 is 1.00 bits per heavy atom. The van der Waals surface area contributed by atoms with Crippen LogP contribution in [-0.4, -0.2) is 5.78 Å². The van der Waals surface area contributed by atoms with E-state index in [1.54, 1.807) is 6.08 Å². The molecule has 0 saturated carbocycles. The van der Waals surface area contributed by atoms with Gasteiger partial charge in [0.15, 0.2) is 5.78 Å². The number of benzene rings is 2. The van der Waals surface area contributed by atoms with Gasteiger partial charge < -0.3 is 5.32 Å². The van der Waals surface area contributed by atoms with Gasteiger partial charge in [0.2, 0.25) is 0 Å². The number of ketones is 1. The normalized spacial score (nSPS) is 11.1. The van der Waals surface area contributed by atoms with Crippen molar-refractivity contribution < 1.29 is 4.79 Å². The number of carbonyl (C=O) groups excluding carboxylic acids is 1. The van der Waals surface area contributed by atoms with Crippen LogP contribution < -0.4 is 5.32 Å². The van der Waals surface area contributed by atoms with Gasteiger partial charge in [0, 0.05) is 23.9 Å². The first kappa shape index (κ1) is 13.1. The summed E-state index contributed by atoms with van der Waals surface area (Å²) in [4.78, 5) is 12.0. The molecule has 1 N–H and O–H groups in total. The van der Waals surface area contributed by atoms with E-state index in [0.717, 1.165) is 12.2 Å². The van der Waals surface area contributed by atoms with E-state index in [1.807, 2.05) is 55.5 Å². The topological polar surface area (TPSA) is 29.1 Å². The highest BCUT2D eigenvalue weighted by molar-refractivity contribution is 6.04. The summed E-state index contributed by atoms with van der Waals surface area (Å²) in [6.07, 6.45) is 1.64. The molecule has 0 heterocycles. The number of carbonyl (C=O) groups is 1. The lowest BCUT2D eigenvalue weighted by Crippen LogP contribution is -2.12. The van der Waals surface area contributed by atoms with Crippen molar-refractivity contribution in [2.75, 3.05) is 0 Å². The molecular weight excluding hydrogens is 234 g/mol. The maximum Gasteiger partial charge on any atom is 0.187 e. The molecule has 2 aromatic rings. The summed E-state index contributed by atoms with van der Waals surface area (Å²) in [5, 5.41) is 3.24. The molecule has 2 heteroatoms. The van der Waals surface area contributed by atoms with Gasteiger partial charge in [-0.05, 0) is 12.5 Å². The zero-order valence-electron chi connectivity index (χ0n) is 11.0. The minimum absolute atomic E-state index is 0.0265. The molecule has 0 unspecified atom stereocenters. The molecular formula is C17H17NO. The molecule has 0 spiro atoms. The van der Waals surface area contributed by atoms with E-state index < -0.39 is 0 Å². The molecule has 0 amide bonds. The van der Waals surface area contributed by atoms with Crippen LogP contribution in [0.3, 0.4) is 0 Å². The minimum atomic E-state index is 0.0265. The first-order valence-corrected chi connectivity index (χ1v) is 6.31. The first-order valence-electron chi connectivity index (χ1n) is 6.31. The van der Waals surface area contributed by atoms with Crippen molar-refractivity contribution >= 4 is 5.78 Å². The standard InChI is InChI=1S/C17H17NO/c1-14(18-13-15-8-4-2-5-9-15)12-17(19)16-10-6-3-7-11-16/h2-12,18H,13H2,1H3. The zero-order valence-corrected chi connectivity index (χ0v) is 11.0. The van der Waals surface area contributed by atoms with Gasteiger partial charge in [-0.15, -0.1) is 0 Å². The fourth-order valence-electron chi connectivity index (χ4n) is 1.77. The van der Waals surface area contributed by atoms with Gasteiger partial charge in [0.25, 0.3) is 0 Å². The van der Waals surface area contributed by atoms with Crippen LogP contribution in [0.4, 0.5) is 0 Å². The molecule has 2 nitrogen and oxygen atoms in total. The van der Waals surface area contributed by atoms with Crippen molar-refractivity contribution in [1.82, 2.24) is 5.32 Å². The van der Waals surface area contributed by atoms with Crippen LogP contribution in [-0.2, 0) is 6.54 Å². The van der Waals surface area contributed by atoms with Gasteiger partial charge in [-0.2, -0.15) is 0 Å². The van der Waals surface area contributed by atoms with Crippen molar-refractivity contribution in [2.24, 2.45) is 0 Å². The lowest BCUT2D eigenvalue weighted by atomic mass is 10.1. The lowest BCUT2D eigenvalue weighted by Gasteiger charge is -2.06. The molecule has 0 aromatic heterocycles. The predicted molar refractivity (Wildman–Crippen MR) is 77.8 cm³/mol. The maximum atomic E-state index is 12.0.